The number of carbonyl (C=O) groups is 5. The number of carbonyl (C=O) groups excluding carboxylic acids is 5. The molecule has 0 radical (unpaired) electrons. The molecule has 2 heterocycles. The maximum Gasteiger partial charge on any atom is 0.255 e. The van der Waals surface area contributed by atoms with Crippen LogP contribution in [0.5, 0.6) is 11.5 Å². The summed E-state index contributed by atoms with van der Waals surface area (Å²) in [4.78, 5) is 75.7. The second kappa shape index (κ2) is 22.0. The number of anilines is 1. The first-order chi connectivity index (χ1) is 31.0. The van der Waals surface area contributed by atoms with Gasteiger partial charge in [0.25, 0.3) is 5.91 Å². The maximum absolute atomic E-state index is 14.6. The summed E-state index contributed by atoms with van der Waals surface area (Å²) >= 11 is 0. The van der Waals surface area contributed by atoms with Gasteiger partial charge in [0.05, 0.1) is 17.3 Å². The number of hydrogen-bond donors (Lipinski definition) is 8. The molecule has 4 aromatic rings. The normalized spacial score (nSPS) is 16.7. The van der Waals surface area contributed by atoms with Crippen molar-refractivity contribution in [2.45, 2.75) is 70.1 Å². The van der Waals surface area contributed by atoms with Gasteiger partial charge in [-0.05, 0) is 72.3 Å². The Bertz CT molecular complexity index is 2410. The first-order valence-electron chi connectivity index (χ1n) is 21.3. The van der Waals surface area contributed by atoms with E-state index in [0.717, 1.165) is 16.0 Å². The molecule has 1 unspecified atom stereocenters. The number of rotatable bonds is 15. The number of nitrogens with one attached hydrogen (secondary N) is 4. The Morgan fingerprint density at radius 3 is 2.15 bits per heavy atom. The second-order valence-electron chi connectivity index (χ2n) is 16.7. The van der Waals surface area contributed by atoms with Crippen LogP contribution in [-0.2, 0) is 31.0 Å². The lowest BCUT2D eigenvalue weighted by atomic mass is 9.86. The third-order valence-corrected chi connectivity index (χ3v) is 10.8. The molecular weight excluding hydrogens is 831 g/mol. The molecule has 4 bridgehead atoms. The van der Waals surface area contributed by atoms with Crippen molar-refractivity contribution in [3.05, 3.63) is 95.2 Å². The van der Waals surface area contributed by atoms with Crippen LogP contribution in [0.2, 0.25) is 0 Å². The Morgan fingerprint density at radius 1 is 0.908 bits per heavy atom. The number of benzene rings is 3. The molecule has 3 aromatic carbocycles. The largest absolute Gasteiger partial charge is 0.492 e. The summed E-state index contributed by atoms with van der Waals surface area (Å²) in [7, 11) is 1.40. The van der Waals surface area contributed by atoms with Gasteiger partial charge in [-0.25, -0.2) is 0 Å². The van der Waals surface area contributed by atoms with E-state index < -0.39 is 53.7 Å². The summed E-state index contributed by atoms with van der Waals surface area (Å²) < 4.78 is 12.2. The summed E-state index contributed by atoms with van der Waals surface area (Å²) in [6.45, 7) is 8.12. The van der Waals surface area contributed by atoms with Crippen molar-refractivity contribution in [1.29, 1.82) is 5.26 Å². The van der Waals surface area contributed by atoms with Crippen LogP contribution in [0.3, 0.4) is 0 Å². The predicted molar refractivity (Wildman–Crippen MR) is 246 cm³/mol. The number of pyridine rings is 1. The van der Waals surface area contributed by atoms with Gasteiger partial charge < -0.3 is 58.6 Å². The molecule has 1 aliphatic heterocycles. The number of hydrogen-bond acceptors (Lipinski definition) is 13. The van der Waals surface area contributed by atoms with Crippen molar-refractivity contribution in [2.75, 3.05) is 52.2 Å². The minimum atomic E-state index is -1.41. The van der Waals surface area contributed by atoms with E-state index in [0.29, 0.717) is 39.4 Å². The van der Waals surface area contributed by atoms with Crippen molar-refractivity contribution >= 4 is 35.2 Å². The molecule has 1 aliphatic rings. The van der Waals surface area contributed by atoms with Gasteiger partial charge in [0.1, 0.15) is 55.4 Å². The topological polar surface area (TPSA) is 296 Å². The molecule has 0 spiro atoms. The minimum absolute atomic E-state index is 0.00204. The van der Waals surface area contributed by atoms with Gasteiger partial charge in [-0.15, -0.1) is 0 Å². The summed E-state index contributed by atoms with van der Waals surface area (Å²) in [6, 6.07) is 16.4. The molecule has 0 aliphatic carbocycles. The summed E-state index contributed by atoms with van der Waals surface area (Å²) in [5.41, 5.74) is 28.5. The van der Waals surface area contributed by atoms with Crippen LogP contribution in [0.25, 0.3) is 22.4 Å². The number of nitrogen functional groups attached to an aromatic ring is 1. The number of aromatic nitrogens is 1. The van der Waals surface area contributed by atoms with Gasteiger partial charge in [-0.3, -0.25) is 29.0 Å². The lowest BCUT2D eigenvalue weighted by molar-refractivity contribution is -0.141. The SMILES string of the molecule is C[C@@H]1NC(=O)[C@@H](N(C)C(=O)C(CCN)NC(=O)c2cnc(-c3ccc(C(C)(C)C)cc3)cc2N)c2ccc(OCCN)c(c2)-c2cc(ccc2OCCN)C[C@@H](C(=O)NCC#N)NC1=O. The lowest BCUT2D eigenvalue weighted by Crippen LogP contribution is -2.56. The average molecular weight is 890 g/mol. The first-order valence-corrected chi connectivity index (χ1v) is 21.3. The molecule has 1 aromatic heterocycles. The Balaban J connectivity index is 1.55. The summed E-state index contributed by atoms with van der Waals surface area (Å²) in [5.74, 6) is -2.71. The number of nitrogens with zero attached hydrogens (tertiary/aromatic N) is 3. The van der Waals surface area contributed by atoms with Gasteiger partial charge in [-0.1, -0.05) is 57.2 Å². The van der Waals surface area contributed by atoms with Gasteiger partial charge in [0, 0.05) is 55.1 Å². The van der Waals surface area contributed by atoms with Crippen LogP contribution in [-0.4, -0.2) is 104 Å². The zero-order chi connectivity index (χ0) is 47.4. The van der Waals surface area contributed by atoms with Crippen molar-refractivity contribution in [3.8, 4) is 40.0 Å². The smallest absolute Gasteiger partial charge is 0.255 e. The third-order valence-electron chi connectivity index (χ3n) is 10.8. The second-order valence-corrected chi connectivity index (χ2v) is 16.7. The number of fused-ring (bicyclic) bond motifs is 5. The van der Waals surface area contributed by atoms with E-state index in [4.69, 9.17) is 37.7 Å². The Morgan fingerprint density at radius 2 is 1.55 bits per heavy atom. The highest BCUT2D eigenvalue weighted by Gasteiger charge is 2.36. The molecular formula is C47H59N11O7. The van der Waals surface area contributed by atoms with Crippen LogP contribution in [0.4, 0.5) is 5.69 Å². The first kappa shape index (κ1) is 49.0. The fraction of sp³-hybridized carbons (Fsp3) is 0.383. The standard InChI is InChI=1S/C47H59N11O7/c1-27-42(59)57-38(44(61)53-19-16-49)23-28-6-12-39(64-20-17-50)32(22-28)33-24-30(9-13-40(33)65-21-18-51)41(45(62)55-27)58(5)46(63)36(14-15-48)56-43(60)34-26-54-37(25-35(34)52)29-7-10-31(11-8-29)47(2,3)4/h6-13,22,24-27,36,38,41H,14-15,17-21,23,48,50-51H2,1-5H3,(H2,52,54)(H,53,61)(H,55,62)(H,56,60)(H,57,59)/t27-,36?,38-,41-/m0/s1. The van der Waals surface area contributed by atoms with E-state index in [1.807, 2.05) is 30.3 Å². The van der Waals surface area contributed by atoms with Gasteiger partial charge in [0.15, 0.2) is 0 Å². The molecule has 65 heavy (non-hydrogen) atoms. The highest BCUT2D eigenvalue weighted by molar-refractivity contribution is 6.02. The van der Waals surface area contributed by atoms with E-state index in [1.165, 1.54) is 20.2 Å². The summed E-state index contributed by atoms with van der Waals surface area (Å²) in [6.07, 6.45) is 1.32. The van der Waals surface area contributed by atoms with Crippen LogP contribution < -0.4 is 53.7 Å². The van der Waals surface area contributed by atoms with E-state index in [2.05, 4.69) is 47.0 Å². The zero-order valence-electron chi connectivity index (χ0n) is 37.4. The van der Waals surface area contributed by atoms with Crippen molar-refractivity contribution < 1.29 is 33.4 Å². The maximum atomic E-state index is 14.6. The molecule has 5 rings (SSSR count). The van der Waals surface area contributed by atoms with Crippen LogP contribution in [0, 0.1) is 11.3 Å². The highest BCUT2D eigenvalue weighted by Crippen LogP contribution is 2.40. The van der Waals surface area contributed by atoms with E-state index in [-0.39, 0.29) is 68.9 Å². The van der Waals surface area contributed by atoms with Crippen LogP contribution in [0.1, 0.15) is 67.2 Å². The minimum Gasteiger partial charge on any atom is -0.492 e. The molecule has 4 atom stereocenters. The van der Waals surface area contributed by atoms with Gasteiger partial charge >= 0.3 is 0 Å². The van der Waals surface area contributed by atoms with Crippen LogP contribution in [0.15, 0.2) is 72.9 Å². The predicted octanol–water partition coefficient (Wildman–Crippen LogP) is 1.80. The molecule has 0 fully saturated rings. The molecule has 18 heteroatoms. The molecule has 12 N–H and O–H groups in total. The van der Waals surface area contributed by atoms with E-state index >= 15 is 0 Å². The monoisotopic (exact) mass is 889 g/mol. The fourth-order valence-corrected chi connectivity index (χ4v) is 7.33. The number of nitriles is 1. The van der Waals surface area contributed by atoms with Crippen LogP contribution >= 0.6 is 0 Å². The fourth-order valence-electron chi connectivity index (χ4n) is 7.33. The number of amides is 5. The Hall–Kier alpha value is -7.07. The quantitative estimate of drug-likeness (QED) is 0.0792. The van der Waals surface area contributed by atoms with Crippen molar-refractivity contribution in [2.24, 2.45) is 17.2 Å². The molecule has 18 nitrogen and oxygen atoms in total. The number of nitrogens with two attached hydrogens (primary N) is 4. The molecule has 344 valence electrons. The number of ether oxygens (including phenoxy) is 2. The van der Waals surface area contributed by atoms with Crippen molar-refractivity contribution in [1.82, 2.24) is 31.2 Å². The van der Waals surface area contributed by atoms with Gasteiger partial charge in [-0.2, -0.15) is 5.26 Å². The average Bonchev–Trinajstić information content (AvgIpc) is 3.28. The highest BCUT2D eigenvalue weighted by atomic mass is 16.5. The molecule has 5 amide bonds. The summed E-state index contributed by atoms with van der Waals surface area (Å²) in [5, 5.41) is 19.8. The van der Waals surface area contributed by atoms with Crippen molar-refractivity contribution in [3.63, 3.8) is 0 Å². The van der Waals surface area contributed by atoms with E-state index in [1.54, 1.807) is 42.5 Å². The molecule has 0 saturated carbocycles. The number of likely N-dealkylation sites (N-methyl/N-ethyl adjacent to an activating group) is 1. The Labute approximate surface area is 378 Å². The zero-order valence-corrected chi connectivity index (χ0v) is 37.4. The molecule has 0 saturated heterocycles. The Kier molecular flexibility index (Phi) is 16.6. The van der Waals surface area contributed by atoms with Gasteiger partial charge in [0.2, 0.25) is 23.6 Å². The lowest BCUT2D eigenvalue weighted by Gasteiger charge is -2.32. The third kappa shape index (κ3) is 12.1. The van der Waals surface area contributed by atoms with E-state index in [9.17, 15) is 24.0 Å².